The Morgan fingerprint density at radius 1 is 1.44 bits per heavy atom. The number of nitrogens with zero attached hydrogens (tertiary/aromatic N) is 3. The second-order valence-electron chi connectivity index (χ2n) is 2.93. The van der Waals surface area contributed by atoms with Crippen LogP contribution in [0, 0.1) is 6.92 Å². The van der Waals surface area contributed by atoms with Gasteiger partial charge < -0.3 is 5.32 Å². The Morgan fingerprint density at radius 2 is 2.25 bits per heavy atom. The molecular formula is C9H7ClN4OS. The lowest BCUT2D eigenvalue weighted by Crippen LogP contribution is -2.13. The van der Waals surface area contributed by atoms with Gasteiger partial charge in [-0.05, 0) is 6.92 Å². The summed E-state index contributed by atoms with van der Waals surface area (Å²) >= 11 is 7.05. The van der Waals surface area contributed by atoms with Crippen molar-refractivity contribution in [3.8, 4) is 0 Å². The molecule has 0 atom stereocenters. The maximum atomic E-state index is 11.7. The zero-order valence-electron chi connectivity index (χ0n) is 8.27. The van der Waals surface area contributed by atoms with Crippen LogP contribution in [0.5, 0.6) is 0 Å². The summed E-state index contributed by atoms with van der Waals surface area (Å²) in [6.45, 7) is 1.83. The van der Waals surface area contributed by atoms with Crippen LogP contribution in [-0.2, 0) is 0 Å². The van der Waals surface area contributed by atoms with Crippen molar-refractivity contribution in [2.24, 2.45) is 0 Å². The van der Waals surface area contributed by atoms with Gasteiger partial charge in [0.25, 0.3) is 5.91 Å². The summed E-state index contributed by atoms with van der Waals surface area (Å²) < 4.78 is 0. The van der Waals surface area contributed by atoms with Crippen molar-refractivity contribution >= 4 is 34.7 Å². The largest absolute Gasteiger partial charge is 0.304 e. The predicted octanol–water partition coefficient (Wildman–Crippen LogP) is 2.15. The van der Waals surface area contributed by atoms with Crippen molar-refractivity contribution in [3.05, 3.63) is 33.6 Å². The lowest BCUT2D eigenvalue weighted by molar-refractivity contribution is 0.102. The fourth-order valence-corrected chi connectivity index (χ4v) is 1.79. The molecule has 2 aromatic heterocycles. The number of nitrogens with one attached hydrogen (secondary N) is 1. The second kappa shape index (κ2) is 4.54. The molecule has 0 aliphatic heterocycles. The maximum absolute atomic E-state index is 11.7. The molecule has 1 amide bonds. The summed E-state index contributed by atoms with van der Waals surface area (Å²) in [5.74, 6) is -0.0101. The molecule has 0 radical (unpaired) electrons. The fraction of sp³-hybridized carbons (Fsp3) is 0.111. The number of aryl methyl sites for hydroxylation is 1. The van der Waals surface area contributed by atoms with Crippen LogP contribution in [0.4, 0.5) is 5.82 Å². The van der Waals surface area contributed by atoms with Gasteiger partial charge in [0.15, 0.2) is 5.82 Å². The minimum Gasteiger partial charge on any atom is -0.304 e. The number of carbonyl (C=O) groups excluding carboxylic acids is 1. The summed E-state index contributed by atoms with van der Waals surface area (Å²) in [4.78, 5) is 23.4. The number of thiazole rings is 1. The molecule has 0 aromatic carbocycles. The van der Waals surface area contributed by atoms with Crippen LogP contribution in [0.3, 0.4) is 0 Å². The fourth-order valence-electron chi connectivity index (χ4n) is 1.05. The number of halogens is 1. The lowest BCUT2D eigenvalue weighted by Gasteiger charge is -2.01. The molecule has 1 N–H and O–H groups in total. The highest BCUT2D eigenvalue weighted by Gasteiger charge is 2.10. The first kappa shape index (κ1) is 11.0. The van der Waals surface area contributed by atoms with Crippen LogP contribution in [0.1, 0.15) is 15.5 Å². The molecule has 0 aliphatic carbocycles. The number of amides is 1. The summed E-state index contributed by atoms with van der Waals surface area (Å²) in [6.07, 6.45) is 2.81. The zero-order chi connectivity index (χ0) is 11.5. The third-order valence-electron chi connectivity index (χ3n) is 1.70. The first-order valence-electron chi connectivity index (χ1n) is 4.36. The summed E-state index contributed by atoms with van der Waals surface area (Å²) in [5, 5.41) is 5.31. The first-order chi connectivity index (χ1) is 7.65. The molecule has 2 heterocycles. The van der Waals surface area contributed by atoms with Gasteiger partial charge in [-0.25, -0.2) is 9.97 Å². The van der Waals surface area contributed by atoms with Crippen molar-refractivity contribution in [3.63, 3.8) is 0 Å². The number of hydrogen-bond acceptors (Lipinski definition) is 5. The van der Waals surface area contributed by atoms with Gasteiger partial charge in [-0.3, -0.25) is 9.78 Å². The van der Waals surface area contributed by atoms with E-state index in [1.165, 1.54) is 23.7 Å². The third-order valence-corrected chi connectivity index (χ3v) is 2.65. The molecule has 0 spiro atoms. The highest BCUT2D eigenvalue weighted by Crippen LogP contribution is 2.11. The molecule has 0 bridgehead atoms. The quantitative estimate of drug-likeness (QED) is 0.892. The Balaban J connectivity index is 2.13. The SMILES string of the molecule is Cc1nc(C(=O)Nc2cncc(Cl)n2)cs1. The Morgan fingerprint density at radius 3 is 2.88 bits per heavy atom. The van der Waals surface area contributed by atoms with E-state index >= 15 is 0 Å². The van der Waals surface area contributed by atoms with Gasteiger partial charge in [0.1, 0.15) is 10.8 Å². The van der Waals surface area contributed by atoms with Crippen LogP contribution in [0.25, 0.3) is 0 Å². The topological polar surface area (TPSA) is 67.8 Å². The van der Waals surface area contributed by atoms with E-state index in [0.29, 0.717) is 11.5 Å². The average molecular weight is 255 g/mol. The molecule has 2 rings (SSSR count). The van der Waals surface area contributed by atoms with Crippen LogP contribution < -0.4 is 5.32 Å². The number of carbonyl (C=O) groups is 1. The number of aromatic nitrogens is 3. The monoisotopic (exact) mass is 254 g/mol. The molecular weight excluding hydrogens is 248 g/mol. The van der Waals surface area contributed by atoms with Crippen molar-refractivity contribution in [2.75, 3.05) is 5.32 Å². The standard InChI is InChI=1S/C9H7ClN4OS/c1-5-12-6(4-16-5)9(15)14-8-3-11-2-7(10)13-8/h2-4H,1H3,(H,13,14,15). The van der Waals surface area contributed by atoms with E-state index < -0.39 is 0 Å². The molecule has 0 aliphatic rings. The molecule has 16 heavy (non-hydrogen) atoms. The summed E-state index contributed by atoms with van der Waals surface area (Å²) in [7, 11) is 0. The highest BCUT2D eigenvalue weighted by molar-refractivity contribution is 7.09. The Hall–Kier alpha value is -1.53. The molecule has 7 heteroatoms. The lowest BCUT2D eigenvalue weighted by atomic mass is 10.4. The molecule has 2 aromatic rings. The van der Waals surface area contributed by atoms with E-state index in [0.717, 1.165) is 5.01 Å². The van der Waals surface area contributed by atoms with E-state index in [1.54, 1.807) is 5.38 Å². The molecule has 0 unspecified atom stereocenters. The van der Waals surface area contributed by atoms with Gasteiger partial charge in [0.2, 0.25) is 0 Å². The Bertz CT molecular complexity index is 528. The van der Waals surface area contributed by atoms with Crippen LogP contribution in [-0.4, -0.2) is 20.9 Å². The normalized spacial score (nSPS) is 10.1. The van der Waals surface area contributed by atoms with Crippen molar-refractivity contribution in [1.82, 2.24) is 15.0 Å². The minimum atomic E-state index is -0.319. The number of rotatable bonds is 2. The van der Waals surface area contributed by atoms with Gasteiger partial charge in [0, 0.05) is 5.38 Å². The van der Waals surface area contributed by atoms with E-state index in [9.17, 15) is 4.79 Å². The van der Waals surface area contributed by atoms with Crippen molar-refractivity contribution < 1.29 is 4.79 Å². The van der Waals surface area contributed by atoms with Gasteiger partial charge in [0.05, 0.1) is 17.4 Å². The Labute approximate surface area is 101 Å². The molecule has 0 fully saturated rings. The molecule has 0 saturated heterocycles. The highest BCUT2D eigenvalue weighted by atomic mass is 35.5. The van der Waals surface area contributed by atoms with E-state index in [4.69, 9.17) is 11.6 Å². The van der Waals surface area contributed by atoms with Crippen LogP contribution in [0.15, 0.2) is 17.8 Å². The summed E-state index contributed by atoms with van der Waals surface area (Å²) in [6, 6.07) is 0. The van der Waals surface area contributed by atoms with Gasteiger partial charge in [-0.1, -0.05) is 11.6 Å². The van der Waals surface area contributed by atoms with Gasteiger partial charge in [-0.2, -0.15) is 0 Å². The first-order valence-corrected chi connectivity index (χ1v) is 5.62. The van der Waals surface area contributed by atoms with Crippen LogP contribution >= 0.6 is 22.9 Å². The van der Waals surface area contributed by atoms with E-state index in [2.05, 4.69) is 20.3 Å². The summed E-state index contributed by atoms with van der Waals surface area (Å²) in [5.41, 5.74) is 0.365. The van der Waals surface area contributed by atoms with Gasteiger partial charge >= 0.3 is 0 Å². The van der Waals surface area contributed by atoms with E-state index in [-0.39, 0.29) is 11.1 Å². The van der Waals surface area contributed by atoms with Crippen molar-refractivity contribution in [1.29, 1.82) is 0 Å². The molecule has 82 valence electrons. The average Bonchev–Trinajstić information content (AvgIpc) is 2.65. The van der Waals surface area contributed by atoms with Crippen molar-refractivity contribution in [2.45, 2.75) is 6.92 Å². The minimum absolute atomic E-state index is 0.229. The van der Waals surface area contributed by atoms with E-state index in [1.807, 2.05) is 6.92 Å². The Kier molecular flexibility index (Phi) is 3.12. The zero-order valence-corrected chi connectivity index (χ0v) is 9.84. The van der Waals surface area contributed by atoms with Crippen LogP contribution in [0.2, 0.25) is 5.15 Å². The molecule has 5 nitrogen and oxygen atoms in total. The predicted molar refractivity (Wildman–Crippen MR) is 61.8 cm³/mol. The third kappa shape index (κ3) is 2.53. The smallest absolute Gasteiger partial charge is 0.276 e. The maximum Gasteiger partial charge on any atom is 0.276 e. The number of hydrogen-bond donors (Lipinski definition) is 1. The van der Waals surface area contributed by atoms with Gasteiger partial charge in [-0.15, -0.1) is 11.3 Å². The number of anilines is 1. The second-order valence-corrected chi connectivity index (χ2v) is 4.38. The molecule has 0 saturated carbocycles.